The molecule has 0 atom stereocenters. The molecule has 0 saturated carbocycles. The molecule has 3 aromatic rings. The lowest BCUT2D eigenvalue weighted by atomic mass is 9.89. The van der Waals surface area contributed by atoms with Crippen LogP contribution in [0.5, 0.6) is 0 Å². The summed E-state index contributed by atoms with van der Waals surface area (Å²) in [6.45, 7) is 5.98. The molecule has 1 fully saturated rings. The summed E-state index contributed by atoms with van der Waals surface area (Å²) in [4.78, 5) is 9.41. The third-order valence-corrected chi connectivity index (χ3v) is 8.77. The Morgan fingerprint density at radius 1 is 1.06 bits per heavy atom. The van der Waals surface area contributed by atoms with E-state index in [0.717, 1.165) is 16.8 Å². The Kier molecular flexibility index (Phi) is 6.52. The summed E-state index contributed by atoms with van der Waals surface area (Å²) < 4.78 is 40.0. The smallest absolute Gasteiger partial charge is 0.219 e. The molecule has 0 aliphatic carbocycles. The Morgan fingerprint density at radius 2 is 1.74 bits per heavy atom. The second kappa shape index (κ2) is 9.24. The molecule has 2 aromatic carbocycles. The fraction of sp³-hybridized carbons (Fsp3) is 0.346. The van der Waals surface area contributed by atoms with E-state index in [1.165, 1.54) is 12.1 Å². The van der Waals surface area contributed by atoms with Crippen LogP contribution in [-0.2, 0) is 10.0 Å². The van der Waals surface area contributed by atoms with E-state index in [0.29, 0.717) is 42.9 Å². The highest BCUT2D eigenvalue weighted by atomic mass is 32.2. The first-order valence-corrected chi connectivity index (χ1v) is 12.7. The molecule has 0 bridgehead atoms. The molecule has 0 N–H and O–H groups in total. The van der Waals surface area contributed by atoms with Crippen LogP contribution in [0, 0.1) is 17.1 Å². The van der Waals surface area contributed by atoms with Crippen LogP contribution >= 0.6 is 0 Å². The third kappa shape index (κ3) is 4.72. The van der Waals surface area contributed by atoms with Crippen LogP contribution in [0.25, 0.3) is 22.5 Å². The van der Waals surface area contributed by atoms with Gasteiger partial charge in [0.25, 0.3) is 0 Å². The molecule has 6 nitrogen and oxygen atoms in total. The van der Waals surface area contributed by atoms with E-state index in [1.54, 1.807) is 55.5 Å². The summed E-state index contributed by atoms with van der Waals surface area (Å²) in [7, 11) is -3.40. The Hall–Kier alpha value is -3.15. The number of piperidine rings is 1. The Balaban J connectivity index is 1.72. The molecule has 0 spiro atoms. The van der Waals surface area contributed by atoms with Gasteiger partial charge in [0, 0.05) is 36.3 Å². The zero-order valence-corrected chi connectivity index (χ0v) is 20.3. The Bertz CT molecular complexity index is 1330. The predicted molar refractivity (Wildman–Crippen MR) is 130 cm³/mol. The quantitative estimate of drug-likeness (QED) is 0.519. The zero-order chi connectivity index (χ0) is 24.5. The van der Waals surface area contributed by atoms with Gasteiger partial charge < -0.3 is 0 Å². The van der Waals surface area contributed by atoms with Gasteiger partial charge in [0.15, 0.2) is 5.82 Å². The molecule has 176 valence electrons. The van der Waals surface area contributed by atoms with Gasteiger partial charge in [-0.05, 0) is 75.6 Å². The fourth-order valence-electron chi connectivity index (χ4n) is 4.18. The summed E-state index contributed by atoms with van der Waals surface area (Å²) in [5.74, 6) is 0.177. The van der Waals surface area contributed by atoms with Crippen LogP contribution in [0.15, 0.2) is 54.7 Å². The van der Waals surface area contributed by atoms with Crippen LogP contribution in [0.1, 0.15) is 50.8 Å². The van der Waals surface area contributed by atoms with E-state index in [1.807, 2.05) is 12.1 Å². The van der Waals surface area contributed by atoms with Crippen molar-refractivity contribution in [1.82, 2.24) is 14.3 Å². The number of hydrogen-bond acceptors (Lipinski definition) is 5. The summed E-state index contributed by atoms with van der Waals surface area (Å²) in [5.41, 5.74) is 3.71. The van der Waals surface area contributed by atoms with Gasteiger partial charge in [-0.25, -0.2) is 27.1 Å². The molecule has 1 aliphatic heterocycles. The second-order valence-corrected chi connectivity index (χ2v) is 12.2. The van der Waals surface area contributed by atoms with E-state index in [2.05, 4.69) is 11.1 Å². The first kappa shape index (κ1) is 24.0. The molecule has 8 heteroatoms. The number of aromatic nitrogens is 2. The Morgan fingerprint density at radius 3 is 2.35 bits per heavy atom. The van der Waals surface area contributed by atoms with E-state index in [4.69, 9.17) is 4.98 Å². The monoisotopic (exact) mass is 478 g/mol. The maximum atomic E-state index is 13.4. The van der Waals surface area contributed by atoms with Crippen molar-refractivity contribution in [2.24, 2.45) is 0 Å². The van der Waals surface area contributed by atoms with Crippen molar-refractivity contribution in [2.75, 3.05) is 13.1 Å². The van der Waals surface area contributed by atoms with Crippen molar-refractivity contribution in [1.29, 1.82) is 5.26 Å². The first-order valence-electron chi connectivity index (χ1n) is 11.2. The first-order chi connectivity index (χ1) is 16.1. The van der Waals surface area contributed by atoms with Crippen LogP contribution in [0.2, 0.25) is 0 Å². The lowest BCUT2D eigenvalue weighted by molar-refractivity contribution is 0.309. The number of sulfonamides is 1. The number of hydrogen-bond donors (Lipinski definition) is 0. The standard InChI is InChI=1S/C26H27FN4O2S/c1-26(2,3)34(32,33)31-13-11-19(12-14-31)24-23(21-6-4-5-18(15-21)16-28)17-29-25(30-24)20-7-9-22(27)10-8-20/h4-10,15,17,19H,11-14H2,1-3H3. The van der Waals surface area contributed by atoms with E-state index in [-0.39, 0.29) is 11.7 Å². The summed E-state index contributed by atoms with van der Waals surface area (Å²) >= 11 is 0. The minimum atomic E-state index is -3.40. The molecule has 0 amide bonds. The number of nitrogens with zero attached hydrogens (tertiary/aromatic N) is 4. The zero-order valence-electron chi connectivity index (χ0n) is 19.5. The summed E-state index contributed by atoms with van der Waals surface area (Å²) in [5, 5.41) is 9.34. The second-order valence-electron chi connectivity index (χ2n) is 9.48. The number of benzene rings is 2. The number of rotatable bonds is 4. The van der Waals surface area contributed by atoms with Crippen LogP contribution in [0.3, 0.4) is 0 Å². The number of halogens is 1. The molecule has 1 aliphatic rings. The molecule has 0 radical (unpaired) electrons. The molecule has 0 unspecified atom stereocenters. The topological polar surface area (TPSA) is 87.0 Å². The highest BCUT2D eigenvalue weighted by Gasteiger charge is 2.38. The minimum Gasteiger partial charge on any atom is -0.236 e. The van der Waals surface area contributed by atoms with Crippen LogP contribution < -0.4 is 0 Å². The third-order valence-electron chi connectivity index (χ3n) is 6.18. The summed E-state index contributed by atoms with van der Waals surface area (Å²) in [6, 6.07) is 15.5. The van der Waals surface area contributed by atoms with E-state index >= 15 is 0 Å². The molecular weight excluding hydrogens is 451 g/mol. The van der Waals surface area contributed by atoms with Gasteiger partial charge in [0.1, 0.15) is 5.82 Å². The molecule has 34 heavy (non-hydrogen) atoms. The van der Waals surface area contributed by atoms with E-state index < -0.39 is 14.8 Å². The SMILES string of the molecule is CC(C)(C)S(=O)(=O)N1CCC(c2nc(-c3ccc(F)cc3)ncc2-c2cccc(C#N)c2)CC1. The normalized spacial score (nSPS) is 15.7. The molecule has 4 rings (SSSR count). The maximum Gasteiger partial charge on any atom is 0.219 e. The maximum absolute atomic E-state index is 13.4. The molecule has 1 aromatic heterocycles. The van der Waals surface area contributed by atoms with Crippen molar-refractivity contribution in [3.63, 3.8) is 0 Å². The van der Waals surface area contributed by atoms with Crippen molar-refractivity contribution in [2.45, 2.75) is 44.3 Å². The average molecular weight is 479 g/mol. The predicted octanol–water partition coefficient (Wildman–Crippen LogP) is 5.13. The minimum absolute atomic E-state index is 0.0226. The molecule has 1 saturated heterocycles. The highest BCUT2D eigenvalue weighted by Crippen LogP contribution is 2.37. The average Bonchev–Trinajstić information content (AvgIpc) is 2.83. The lowest BCUT2D eigenvalue weighted by Crippen LogP contribution is -2.46. The fourth-order valence-corrected chi connectivity index (χ4v) is 5.65. The van der Waals surface area contributed by atoms with Gasteiger partial charge in [-0.3, -0.25) is 0 Å². The summed E-state index contributed by atoms with van der Waals surface area (Å²) in [6.07, 6.45) is 3.00. The largest absolute Gasteiger partial charge is 0.236 e. The van der Waals surface area contributed by atoms with Crippen molar-refractivity contribution in [3.05, 3.63) is 71.8 Å². The van der Waals surface area contributed by atoms with E-state index in [9.17, 15) is 18.1 Å². The van der Waals surface area contributed by atoms with Crippen LogP contribution in [0.4, 0.5) is 4.39 Å². The van der Waals surface area contributed by atoms with Crippen molar-refractivity contribution in [3.8, 4) is 28.6 Å². The van der Waals surface area contributed by atoms with Gasteiger partial charge in [0.2, 0.25) is 10.0 Å². The van der Waals surface area contributed by atoms with Gasteiger partial charge in [-0.15, -0.1) is 0 Å². The van der Waals surface area contributed by atoms with Gasteiger partial charge in [0.05, 0.1) is 22.1 Å². The van der Waals surface area contributed by atoms with Gasteiger partial charge in [-0.2, -0.15) is 5.26 Å². The van der Waals surface area contributed by atoms with Crippen molar-refractivity contribution < 1.29 is 12.8 Å². The van der Waals surface area contributed by atoms with Crippen LogP contribution in [-0.4, -0.2) is 40.5 Å². The van der Waals surface area contributed by atoms with Gasteiger partial charge >= 0.3 is 0 Å². The number of nitriles is 1. The van der Waals surface area contributed by atoms with Crippen molar-refractivity contribution >= 4 is 10.0 Å². The lowest BCUT2D eigenvalue weighted by Gasteiger charge is -2.35. The molecular formula is C26H27FN4O2S. The highest BCUT2D eigenvalue weighted by molar-refractivity contribution is 7.90. The Labute approximate surface area is 200 Å². The molecule has 2 heterocycles. The van der Waals surface area contributed by atoms with Gasteiger partial charge in [-0.1, -0.05) is 12.1 Å².